The Hall–Kier alpha value is -2.52. The van der Waals surface area contributed by atoms with Crippen molar-refractivity contribution in [1.82, 2.24) is 10.6 Å². The van der Waals surface area contributed by atoms with E-state index in [-0.39, 0.29) is 22.7 Å². The monoisotopic (exact) mass is 370 g/mol. The van der Waals surface area contributed by atoms with Crippen LogP contribution in [0.25, 0.3) is 0 Å². The number of methoxy groups -OCH3 is 1. The van der Waals surface area contributed by atoms with E-state index < -0.39 is 5.91 Å². The molecule has 146 valence electrons. The van der Waals surface area contributed by atoms with Gasteiger partial charge in [0.1, 0.15) is 17.4 Å². The van der Waals surface area contributed by atoms with Gasteiger partial charge in [-0.05, 0) is 65.2 Å². The number of hydrogen-bond acceptors (Lipinski definition) is 5. The van der Waals surface area contributed by atoms with E-state index in [1.54, 1.807) is 13.2 Å². The number of amides is 1. The lowest BCUT2D eigenvalue weighted by Gasteiger charge is -2.46. The third kappa shape index (κ3) is 5.73. The number of carbonyl (C=O) groups excluding carboxylic acids is 1. The highest BCUT2D eigenvalue weighted by Crippen LogP contribution is 2.29. The first-order valence-corrected chi connectivity index (χ1v) is 9.17. The summed E-state index contributed by atoms with van der Waals surface area (Å²) in [6, 6.07) is 7.67. The summed E-state index contributed by atoms with van der Waals surface area (Å²) in [5.41, 5.74) is 1.54. The van der Waals surface area contributed by atoms with Crippen LogP contribution in [0.2, 0.25) is 0 Å². The molecule has 1 fully saturated rings. The van der Waals surface area contributed by atoms with Crippen LogP contribution in [0.4, 0.5) is 5.69 Å². The topological polar surface area (TPSA) is 86.2 Å². The van der Waals surface area contributed by atoms with Crippen molar-refractivity contribution < 1.29 is 9.53 Å². The summed E-state index contributed by atoms with van der Waals surface area (Å²) in [7, 11) is 1.55. The molecule has 3 N–H and O–H groups in total. The van der Waals surface area contributed by atoms with Gasteiger partial charge in [0.2, 0.25) is 0 Å². The van der Waals surface area contributed by atoms with E-state index in [1.807, 2.05) is 25.1 Å². The summed E-state index contributed by atoms with van der Waals surface area (Å²) in [6.45, 7) is 10.6. The zero-order valence-electron chi connectivity index (χ0n) is 17.1. The normalized spacial score (nSPS) is 19.1. The van der Waals surface area contributed by atoms with Crippen molar-refractivity contribution in [1.29, 1.82) is 5.26 Å². The predicted octanol–water partition coefficient (Wildman–Crippen LogP) is 3.25. The first kappa shape index (κ1) is 20.8. The van der Waals surface area contributed by atoms with Crippen LogP contribution in [0.15, 0.2) is 30.0 Å². The number of aryl methyl sites for hydroxylation is 1. The van der Waals surface area contributed by atoms with Gasteiger partial charge in [-0.3, -0.25) is 4.79 Å². The van der Waals surface area contributed by atoms with Crippen LogP contribution in [0, 0.1) is 18.3 Å². The van der Waals surface area contributed by atoms with E-state index in [1.165, 1.54) is 6.20 Å². The second-order valence-corrected chi connectivity index (χ2v) is 8.49. The maximum atomic E-state index is 12.5. The Labute approximate surface area is 162 Å². The van der Waals surface area contributed by atoms with Crippen LogP contribution in [0.5, 0.6) is 5.75 Å². The zero-order valence-corrected chi connectivity index (χ0v) is 17.1. The molecule has 1 aromatic carbocycles. The molecule has 1 amide bonds. The fourth-order valence-corrected chi connectivity index (χ4v) is 3.90. The maximum absolute atomic E-state index is 12.5. The standard InChI is InChI=1S/C21H30N4O2/c1-14-7-8-18(27-6)17(9-14)24-19(26)15(12-22)13-23-16-10-20(2,3)25-21(4,5)11-16/h7-9,13,16,23,25H,10-11H2,1-6H3,(H,24,26)/b15-13-. The number of piperidine rings is 1. The molecule has 1 saturated heterocycles. The molecule has 0 atom stereocenters. The summed E-state index contributed by atoms with van der Waals surface area (Å²) in [5.74, 6) is 0.0995. The predicted molar refractivity (Wildman–Crippen MR) is 108 cm³/mol. The molecule has 2 rings (SSSR count). The number of nitriles is 1. The van der Waals surface area contributed by atoms with Crippen LogP contribution < -0.4 is 20.7 Å². The van der Waals surface area contributed by atoms with Crippen molar-refractivity contribution in [2.45, 2.75) is 64.6 Å². The number of rotatable bonds is 5. The number of hydrogen-bond donors (Lipinski definition) is 3. The minimum atomic E-state index is -0.457. The van der Waals surface area contributed by atoms with Gasteiger partial charge in [0, 0.05) is 23.3 Å². The maximum Gasteiger partial charge on any atom is 0.267 e. The van der Waals surface area contributed by atoms with Gasteiger partial charge in [-0.25, -0.2) is 0 Å². The lowest BCUT2D eigenvalue weighted by atomic mass is 9.80. The Morgan fingerprint density at radius 1 is 1.30 bits per heavy atom. The summed E-state index contributed by atoms with van der Waals surface area (Å²) in [6.07, 6.45) is 3.33. The molecule has 1 aliphatic heterocycles. The van der Waals surface area contributed by atoms with Crippen LogP contribution in [0.1, 0.15) is 46.1 Å². The highest BCUT2D eigenvalue weighted by molar-refractivity contribution is 6.07. The van der Waals surface area contributed by atoms with Gasteiger partial charge in [0.05, 0.1) is 12.8 Å². The van der Waals surface area contributed by atoms with E-state index in [0.717, 1.165) is 18.4 Å². The van der Waals surface area contributed by atoms with Crippen LogP contribution in [-0.4, -0.2) is 30.1 Å². The summed E-state index contributed by atoms with van der Waals surface area (Å²) < 4.78 is 5.28. The number of benzene rings is 1. The molecule has 0 aromatic heterocycles. The van der Waals surface area contributed by atoms with Gasteiger partial charge < -0.3 is 20.7 Å². The summed E-state index contributed by atoms with van der Waals surface area (Å²) in [5, 5.41) is 19.1. The molecule has 1 aromatic rings. The van der Waals surface area contributed by atoms with Crippen LogP contribution in [0.3, 0.4) is 0 Å². The highest BCUT2D eigenvalue weighted by atomic mass is 16.5. The van der Waals surface area contributed by atoms with Gasteiger partial charge in [0.25, 0.3) is 5.91 Å². The van der Waals surface area contributed by atoms with Gasteiger partial charge in [-0.2, -0.15) is 5.26 Å². The van der Waals surface area contributed by atoms with E-state index in [2.05, 4.69) is 43.6 Å². The van der Waals surface area contributed by atoms with Crippen molar-refractivity contribution in [3.63, 3.8) is 0 Å². The molecular weight excluding hydrogens is 340 g/mol. The van der Waals surface area contributed by atoms with E-state index >= 15 is 0 Å². The molecule has 1 heterocycles. The molecular formula is C21H30N4O2. The fourth-order valence-electron chi connectivity index (χ4n) is 3.90. The SMILES string of the molecule is COc1ccc(C)cc1NC(=O)/C(C#N)=C\NC1CC(C)(C)NC(C)(C)C1. The average molecular weight is 370 g/mol. The molecule has 0 saturated carbocycles. The Morgan fingerprint density at radius 2 is 1.93 bits per heavy atom. The number of carbonyl (C=O) groups is 1. The zero-order chi connectivity index (χ0) is 20.2. The van der Waals surface area contributed by atoms with Crippen molar-refractivity contribution in [3.05, 3.63) is 35.5 Å². The van der Waals surface area contributed by atoms with Gasteiger partial charge in [0.15, 0.2) is 0 Å². The Kier molecular flexibility index (Phi) is 6.17. The van der Waals surface area contributed by atoms with Crippen molar-refractivity contribution in [3.8, 4) is 11.8 Å². The van der Waals surface area contributed by atoms with Gasteiger partial charge in [-0.15, -0.1) is 0 Å². The quantitative estimate of drug-likeness (QED) is 0.547. The van der Waals surface area contributed by atoms with E-state index in [4.69, 9.17) is 4.74 Å². The van der Waals surface area contributed by atoms with E-state index in [9.17, 15) is 10.1 Å². The molecule has 0 aliphatic carbocycles. The van der Waals surface area contributed by atoms with Crippen molar-refractivity contribution in [2.75, 3.05) is 12.4 Å². The van der Waals surface area contributed by atoms with Gasteiger partial charge >= 0.3 is 0 Å². The molecule has 0 radical (unpaired) electrons. The Bertz CT molecular complexity index is 759. The second kappa shape index (κ2) is 8.01. The Morgan fingerprint density at radius 3 is 2.48 bits per heavy atom. The number of nitrogens with zero attached hydrogens (tertiary/aromatic N) is 1. The third-order valence-corrected chi connectivity index (χ3v) is 4.62. The third-order valence-electron chi connectivity index (χ3n) is 4.62. The lowest BCUT2D eigenvalue weighted by molar-refractivity contribution is -0.112. The summed E-state index contributed by atoms with van der Waals surface area (Å²) >= 11 is 0. The number of anilines is 1. The molecule has 1 aliphatic rings. The molecule has 0 unspecified atom stereocenters. The van der Waals surface area contributed by atoms with Crippen molar-refractivity contribution >= 4 is 11.6 Å². The Balaban J connectivity index is 2.11. The second-order valence-electron chi connectivity index (χ2n) is 8.49. The minimum Gasteiger partial charge on any atom is -0.495 e. The molecule has 27 heavy (non-hydrogen) atoms. The molecule has 6 nitrogen and oxygen atoms in total. The van der Waals surface area contributed by atoms with Crippen molar-refractivity contribution in [2.24, 2.45) is 0 Å². The fraction of sp³-hybridized carbons (Fsp3) is 0.524. The van der Waals surface area contributed by atoms with Crippen LogP contribution in [-0.2, 0) is 4.79 Å². The largest absolute Gasteiger partial charge is 0.495 e. The summed E-state index contributed by atoms with van der Waals surface area (Å²) in [4.78, 5) is 12.5. The minimum absolute atomic E-state index is 0.0166. The highest BCUT2D eigenvalue weighted by Gasteiger charge is 2.37. The molecule has 6 heteroatoms. The van der Waals surface area contributed by atoms with Crippen LogP contribution >= 0.6 is 0 Å². The number of nitrogens with one attached hydrogen (secondary N) is 3. The lowest BCUT2D eigenvalue weighted by Crippen LogP contribution is -2.61. The first-order chi connectivity index (χ1) is 12.5. The van der Waals surface area contributed by atoms with Gasteiger partial charge in [-0.1, -0.05) is 6.07 Å². The first-order valence-electron chi connectivity index (χ1n) is 9.17. The smallest absolute Gasteiger partial charge is 0.267 e. The number of ether oxygens (including phenoxy) is 1. The molecule has 0 spiro atoms. The average Bonchev–Trinajstić information content (AvgIpc) is 2.52. The van der Waals surface area contributed by atoms with E-state index in [0.29, 0.717) is 11.4 Å². The molecule has 0 bridgehead atoms.